The first-order valence-corrected chi connectivity index (χ1v) is 10.9. The third-order valence-corrected chi connectivity index (χ3v) is 7.17. The minimum absolute atomic E-state index is 0.0628. The molecule has 2 amide bonds. The van der Waals surface area contributed by atoms with E-state index in [1.54, 1.807) is 17.0 Å². The lowest BCUT2D eigenvalue weighted by atomic mass is 10.1. The number of rotatable bonds is 4. The highest BCUT2D eigenvalue weighted by Crippen LogP contribution is 2.22. The molecular weight excluding hydrogens is 390 g/mol. The average molecular weight is 416 g/mol. The number of nitrogens with zero attached hydrogens (tertiary/aromatic N) is 2. The molecule has 1 heterocycles. The zero-order valence-corrected chi connectivity index (χ0v) is 17.6. The van der Waals surface area contributed by atoms with Crippen LogP contribution in [0.5, 0.6) is 0 Å². The maximum atomic E-state index is 13.0. The summed E-state index contributed by atoms with van der Waals surface area (Å²) in [6.45, 7) is 6.56. The molecule has 7 nitrogen and oxygen atoms in total. The Kier molecular flexibility index (Phi) is 6.04. The number of sulfonamides is 1. The van der Waals surface area contributed by atoms with Crippen LogP contribution in [-0.2, 0) is 14.8 Å². The number of nitrogens with one attached hydrogen (secondary N) is 1. The van der Waals surface area contributed by atoms with Crippen molar-refractivity contribution in [3.8, 4) is 0 Å². The Morgan fingerprint density at radius 3 is 2.28 bits per heavy atom. The molecule has 2 aromatic rings. The summed E-state index contributed by atoms with van der Waals surface area (Å²) >= 11 is 0. The molecule has 1 N–H and O–H groups in total. The van der Waals surface area contributed by atoms with E-state index < -0.39 is 10.0 Å². The summed E-state index contributed by atoms with van der Waals surface area (Å²) in [6.07, 6.45) is 0. The summed E-state index contributed by atoms with van der Waals surface area (Å²) in [7, 11) is -3.74. The normalized spacial score (nSPS) is 15.2. The van der Waals surface area contributed by atoms with Gasteiger partial charge >= 0.3 is 0 Å². The van der Waals surface area contributed by atoms with E-state index in [0.717, 1.165) is 11.1 Å². The molecular formula is C21H25N3O4S. The summed E-state index contributed by atoms with van der Waals surface area (Å²) in [6, 6.07) is 11.7. The molecule has 0 bridgehead atoms. The van der Waals surface area contributed by atoms with Gasteiger partial charge in [-0.3, -0.25) is 9.59 Å². The van der Waals surface area contributed by atoms with Crippen LogP contribution in [0.15, 0.2) is 47.4 Å². The van der Waals surface area contributed by atoms with Crippen LogP contribution in [0.1, 0.15) is 28.4 Å². The van der Waals surface area contributed by atoms with Crippen LogP contribution in [0.4, 0.5) is 5.69 Å². The monoisotopic (exact) mass is 415 g/mol. The van der Waals surface area contributed by atoms with Crippen LogP contribution >= 0.6 is 0 Å². The van der Waals surface area contributed by atoms with Gasteiger partial charge in [-0.2, -0.15) is 4.31 Å². The van der Waals surface area contributed by atoms with Gasteiger partial charge in [0.05, 0.1) is 4.90 Å². The maximum absolute atomic E-state index is 13.0. The Balaban J connectivity index is 1.79. The summed E-state index contributed by atoms with van der Waals surface area (Å²) in [4.78, 5) is 25.8. The predicted molar refractivity (Wildman–Crippen MR) is 111 cm³/mol. The Hall–Kier alpha value is -2.71. The second-order valence-corrected chi connectivity index (χ2v) is 9.08. The van der Waals surface area contributed by atoms with Gasteiger partial charge in [-0.1, -0.05) is 18.2 Å². The molecule has 1 fully saturated rings. The summed E-state index contributed by atoms with van der Waals surface area (Å²) in [5, 5.41) is 2.85. The van der Waals surface area contributed by atoms with Crippen LogP contribution in [0, 0.1) is 13.8 Å². The number of benzene rings is 2. The maximum Gasteiger partial charge on any atom is 0.255 e. The summed E-state index contributed by atoms with van der Waals surface area (Å²) in [5.74, 6) is -0.427. The molecule has 0 radical (unpaired) electrons. The predicted octanol–water partition coefficient (Wildman–Crippen LogP) is 2.41. The van der Waals surface area contributed by atoms with Gasteiger partial charge in [-0.05, 0) is 49.2 Å². The molecule has 154 valence electrons. The van der Waals surface area contributed by atoms with Gasteiger partial charge in [0, 0.05) is 44.4 Å². The standard InChI is InChI=1S/C21H25N3O4S/c1-15-6-4-9-20(16(15)2)22-21(26)18-7-5-8-19(14-18)29(27,28)24-12-10-23(11-13-24)17(3)25/h4-9,14H,10-13H2,1-3H3,(H,22,26). The van der Waals surface area contributed by atoms with Crippen molar-refractivity contribution in [3.63, 3.8) is 0 Å². The van der Waals surface area contributed by atoms with Crippen molar-refractivity contribution in [1.82, 2.24) is 9.21 Å². The Morgan fingerprint density at radius 1 is 0.966 bits per heavy atom. The van der Waals surface area contributed by atoms with Gasteiger partial charge in [-0.15, -0.1) is 0 Å². The fraction of sp³-hybridized carbons (Fsp3) is 0.333. The van der Waals surface area contributed by atoms with Gasteiger partial charge in [0.15, 0.2) is 0 Å². The lowest BCUT2D eigenvalue weighted by Crippen LogP contribution is -2.49. The smallest absolute Gasteiger partial charge is 0.255 e. The topological polar surface area (TPSA) is 86.8 Å². The number of anilines is 1. The number of piperazine rings is 1. The molecule has 0 spiro atoms. The molecule has 0 aromatic heterocycles. The molecule has 0 aliphatic carbocycles. The lowest BCUT2D eigenvalue weighted by molar-refractivity contribution is -0.129. The number of carbonyl (C=O) groups excluding carboxylic acids is 2. The van der Waals surface area contributed by atoms with Crippen LogP contribution in [-0.4, -0.2) is 55.6 Å². The number of amides is 2. The van der Waals surface area contributed by atoms with Gasteiger partial charge in [0.25, 0.3) is 5.91 Å². The van der Waals surface area contributed by atoms with Crippen LogP contribution < -0.4 is 5.32 Å². The van der Waals surface area contributed by atoms with Crippen LogP contribution in [0.2, 0.25) is 0 Å². The molecule has 29 heavy (non-hydrogen) atoms. The lowest BCUT2D eigenvalue weighted by Gasteiger charge is -2.33. The molecule has 3 rings (SSSR count). The zero-order chi connectivity index (χ0) is 21.2. The molecule has 0 unspecified atom stereocenters. The van der Waals surface area contributed by atoms with Gasteiger partial charge in [-0.25, -0.2) is 8.42 Å². The van der Waals surface area contributed by atoms with E-state index in [-0.39, 0.29) is 35.4 Å². The number of hydrogen-bond donors (Lipinski definition) is 1. The highest BCUT2D eigenvalue weighted by atomic mass is 32.2. The van der Waals surface area contributed by atoms with E-state index in [0.29, 0.717) is 18.8 Å². The summed E-state index contributed by atoms with van der Waals surface area (Å²) < 4.78 is 27.3. The van der Waals surface area contributed by atoms with Crippen molar-refractivity contribution in [2.45, 2.75) is 25.7 Å². The molecule has 8 heteroatoms. The molecule has 1 aliphatic heterocycles. The largest absolute Gasteiger partial charge is 0.340 e. The zero-order valence-electron chi connectivity index (χ0n) is 16.8. The van der Waals surface area contributed by atoms with Crippen LogP contribution in [0.3, 0.4) is 0 Å². The van der Waals surface area contributed by atoms with Crippen molar-refractivity contribution in [2.75, 3.05) is 31.5 Å². The van der Waals surface area contributed by atoms with E-state index in [4.69, 9.17) is 0 Å². The second-order valence-electron chi connectivity index (χ2n) is 7.14. The fourth-order valence-electron chi connectivity index (χ4n) is 3.27. The van der Waals surface area contributed by atoms with E-state index in [2.05, 4.69) is 5.32 Å². The molecule has 1 saturated heterocycles. The number of hydrogen-bond acceptors (Lipinski definition) is 4. The molecule has 1 aliphatic rings. The molecule has 0 atom stereocenters. The van der Waals surface area contributed by atoms with Gasteiger partial charge in [0.1, 0.15) is 0 Å². The van der Waals surface area contributed by atoms with Gasteiger partial charge in [0.2, 0.25) is 15.9 Å². The first-order chi connectivity index (χ1) is 13.7. The highest BCUT2D eigenvalue weighted by Gasteiger charge is 2.29. The van der Waals surface area contributed by atoms with Crippen LogP contribution in [0.25, 0.3) is 0 Å². The van der Waals surface area contributed by atoms with Crippen molar-refractivity contribution in [3.05, 3.63) is 59.2 Å². The van der Waals surface area contributed by atoms with Crippen molar-refractivity contribution in [1.29, 1.82) is 0 Å². The van der Waals surface area contributed by atoms with E-state index >= 15 is 0 Å². The first-order valence-electron chi connectivity index (χ1n) is 9.43. The quantitative estimate of drug-likeness (QED) is 0.831. The molecule has 2 aromatic carbocycles. The number of carbonyl (C=O) groups is 2. The van der Waals surface area contributed by atoms with E-state index in [9.17, 15) is 18.0 Å². The first kappa shape index (κ1) is 21.0. The SMILES string of the molecule is CC(=O)N1CCN(S(=O)(=O)c2cccc(C(=O)Nc3cccc(C)c3C)c2)CC1. The van der Waals surface area contributed by atoms with Gasteiger partial charge < -0.3 is 10.2 Å². The van der Waals surface area contributed by atoms with Crippen molar-refractivity contribution >= 4 is 27.5 Å². The van der Waals surface area contributed by atoms with E-state index in [1.165, 1.54) is 23.4 Å². The molecule has 0 saturated carbocycles. The third kappa shape index (κ3) is 4.49. The average Bonchev–Trinajstić information content (AvgIpc) is 2.71. The minimum Gasteiger partial charge on any atom is -0.340 e. The third-order valence-electron chi connectivity index (χ3n) is 5.27. The minimum atomic E-state index is -3.74. The number of aryl methyl sites for hydroxylation is 1. The Morgan fingerprint density at radius 2 is 1.62 bits per heavy atom. The van der Waals surface area contributed by atoms with Crippen molar-refractivity contribution < 1.29 is 18.0 Å². The van der Waals surface area contributed by atoms with Crippen molar-refractivity contribution in [2.24, 2.45) is 0 Å². The Bertz CT molecular complexity index is 1040. The Labute approximate surface area is 171 Å². The second kappa shape index (κ2) is 8.34. The summed E-state index contributed by atoms with van der Waals surface area (Å²) in [5.41, 5.74) is 3.00. The fourth-order valence-corrected chi connectivity index (χ4v) is 4.74. The highest BCUT2D eigenvalue weighted by molar-refractivity contribution is 7.89. The van der Waals surface area contributed by atoms with E-state index in [1.807, 2.05) is 32.0 Å².